The standard InChI is InChI=1S/C23H20N4/c1-3-16-7-5-8-17(4-2)22(16)20-13-18-10-12-27(21(18)15-26-20)23-19(14-24)9-6-11-25-23/h5-13,15H,3-4H2,1-2H3. The van der Waals surface area contributed by atoms with E-state index in [0.717, 1.165) is 29.4 Å². The van der Waals surface area contributed by atoms with Gasteiger partial charge in [-0.15, -0.1) is 0 Å². The molecule has 0 aliphatic rings. The highest BCUT2D eigenvalue weighted by atomic mass is 15.1. The van der Waals surface area contributed by atoms with Crippen LogP contribution >= 0.6 is 0 Å². The molecule has 4 aromatic rings. The van der Waals surface area contributed by atoms with Gasteiger partial charge in [0.15, 0.2) is 5.82 Å². The average molecular weight is 352 g/mol. The fraction of sp³-hybridized carbons (Fsp3) is 0.174. The van der Waals surface area contributed by atoms with Gasteiger partial charge in [-0.3, -0.25) is 9.55 Å². The van der Waals surface area contributed by atoms with Crippen molar-refractivity contribution >= 4 is 10.9 Å². The zero-order valence-corrected chi connectivity index (χ0v) is 15.5. The van der Waals surface area contributed by atoms with Crippen LogP contribution in [0.15, 0.2) is 61.1 Å². The third-order valence-electron chi connectivity index (χ3n) is 4.97. The zero-order valence-electron chi connectivity index (χ0n) is 15.5. The van der Waals surface area contributed by atoms with Crippen molar-refractivity contribution in [2.45, 2.75) is 26.7 Å². The molecule has 0 bridgehead atoms. The third kappa shape index (κ3) is 2.88. The van der Waals surface area contributed by atoms with Crippen molar-refractivity contribution in [3.63, 3.8) is 0 Å². The van der Waals surface area contributed by atoms with E-state index in [4.69, 9.17) is 4.98 Å². The summed E-state index contributed by atoms with van der Waals surface area (Å²) in [5.74, 6) is 0.632. The molecule has 3 aromatic heterocycles. The van der Waals surface area contributed by atoms with Gasteiger partial charge < -0.3 is 0 Å². The van der Waals surface area contributed by atoms with E-state index in [1.807, 2.05) is 17.0 Å². The SMILES string of the molecule is CCc1cccc(CC)c1-c1cc2ccn(-c3ncccc3C#N)c2cn1. The van der Waals surface area contributed by atoms with Crippen molar-refractivity contribution < 1.29 is 0 Å². The largest absolute Gasteiger partial charge is 0.299 e. The van der Waals surface area contributed by atoms with Crippen molar-refractivity contribution in [1.29, 1.82) is 5.26 Å². The first-order valence-corrected chi connectivity index (χ1v) is 9.20. The number of hydrogen-bond acceptors (Lipinski definition) is 3. The van der Waals surface area contributed by atoms with Crippen molar-refractivity contribution in [3.8, 4) is 23.1 Å². The predicted molar refractivity (Wildman–Crippen MR) is 108 cm³/mol. The van der Waals surface area contributed by atoms with Crippen molar-refractivity contribution in [3.05, 3.63) is 77.7 Å². The Labute approximate surface area is 158 Å². The number of benzene rings is 1. The minimum atomic E-state index is 0.545. The van der Waals surface area contributed by atoms with E-state index in [0.29, 0.717) is 11.4 Å². The van der Waals surface area contributed by atoms with Crippen LogP contribution in [0.5, 0.6) is 0 Å². The number of nitriles is 1. The zero-order chi connectivity index (χ0) is 18.8. The molecule has 0 aliphatic heterocycles. The number of aromatic nitrogens is 3. The van der Waals surface area contributed by atoms with Gasteiger partial charge >= 0.3 is 0 Å². The van der Waals surface area contributed by atoms with Crippen molar-refractivity contribution in [2.24, 2.45) is 0 Å². The van der Waals surface area contributed by atoms with E-state index in [1.54, 1.807) is 18.3 Å². The van der Waals surface area contributed by atoms with Crippen LogP contribution in [-0.2, 0) is 12.8 Å². The molecule has 4 heteroatoms. The molecule has 0 amide bonds. The molecule has 132 valence electrons. The van der Waals surface area contributed by atoms with Gasteiger partial charge in [0.2, 0.25) is 0 Å². The second kappa shape index (κ2) is 7.05. The number of aryl methyl sites for hydroxylation is 2. The summed E-state index contributed by atoms with van der Waals surface area (Å²) in [7, 11) is 0. The molecule has 0 saturated heterocycles. The lowest BCUT2D eigenvalue weighted by atomic mass is 9.94. The normalized spacial score (nSPS) is 10.9. The lowest BCUT2D eigenvalue weighted by molar-refractivity contribution is 1.03. The molecule has 0 atom stereocenters. The van der Waals surface area contributed by atoms with Crippen LogP contribution in [0.25, 0.3) is 28.0 Å². The van der Waals surface area contributed by atoms with Crippen molar-refractivity contribution in [1.82, 2.24) is 14.5 Å². The molecule has 3 heterocycles. The van der Waals surface area contributed by atoms with Crippen LogP contribution in [0.2, 0.25) is 0 Å². The molecular formula is C23H20N4. The quantitative estimate of drug-likeness (QED) is 0.514. The Bertz CT molecular complexity index is 1140. The summed E-state index contributed by atoms with van der Waals surface area (Å²) in [4.78, 5) is 9.17. The van der Waals surface area contributed by atoms with E-state index in [-0.39, 0.29) is 0 Å². The van der Waals surface area contributed by atoms with Gasteiger partial charge in [0.25, 0.3) is 0 Å². The highest BCUT2D eigenvalue weighted by Gasteiger charge is 2.13. The Hall–Kier alpha value is -3.45. The van der Waals surface area contributed by atoms with Crippen molar-refractivity contribution in [2.75, 3.05) is 0 Å². The lowest BCUT2D eigenvalue weighted by Crippen LogP contribution is -2.00. The third-order valence-corrected chi connectivity index (χ3v) is 4.97. The molecule has 4 rings (SSSR count). The second-order valence-corrected chi connectivity index (χ2v) is 6.46. The van der Waals surface area contributed by atoms with Crippen LogP contribution in [0.3, 0.4) is 0 Å². The number of rotatable bonds is 4. The number of fused-ring (bicyclic) bond motifs is 1. The van der Waals surface area contributed by atoms with Crippen LogP contribution in [-0.4, -0.2) is 14.5 Å². The summed E-state index contributed by atoms with van der Waals surface area (Å²) >= 11 is 0. The molecule has 0 spiro atoms. The highest BCUT2D eigenvalue weighted by Crippen LogP contribution is 2.30. The molecule has 0 aliphatic carbocycles. The first kappa shape index (κ1) is 17.0. The van der Waals surface area contributed by atoms with E-state index in [9.17, 15) is 5.26 Å². The lowest BCUT2D eigenvalue weighted by Gasteiger charge is -2.13. The van der Waals surface area contributed by atoms with Crippen LogP contribution in [0, 0.1) is 11.3 Å². The Balaban J connectivity index is 1.89. The van der Waals surface area contributed by atoms with E-state index >= 15 is 0 Å². The highest BCUT2D eigenvalue weighted by molar-refractivity contribution is 5.86. The van der Waals surface area contributed by atoms with Gasteiger partial charge in [-0.1, -0.05) is 32.0 Å². The maximum absolute atomic E-state index is 9.38. The molecule has 27 heavy (non-hydrogen) atoms. The molecule has 1 aromatic carbocycles. The Morgan fingerprint density at radius 3 is 2.48 bits per heavy atom. The maximum atomic E-state index is 9.38. The summed E-state index contributed by atoms with van der Waals surface area (Å²) in [6.45, 7) is 4.36. The van der Waals surface area contributed by atoms with E-state index < -0.39 is 0 Å². The minimum absolute atomic E-state index is 0.545. The summed E-state index contributed by atoms with van der Waals surface area (Å²) in [5, 5.41) is 10.5. The van der Waals surface area contributed by atoms with Gasteiger partial charge in [-0.2, -0.15) is 5.26 Å². The van der Waals surface area contributed by atoms with E-state index in [2.05, 4.69) is 55.2 Å². The number of hydrogen-bond donors (Lipinski definition) is 0. The molecule has 0 radical (unpaired) electrons. The minimum Gasteiger partial charge on any atom is -0.299 e. The first-order valence-electron chi connectivity index (χ1n) is 9.20. The smallest absolute Gasteiger partial charge is 0.155 e. The first-order chi connectivity index (χ1) is 13.3. The summed E-state index contributed by atoms with van der Waals surface area (Å²) in [6.07, 6.45) is 7.49. The topological polar surface area (TPSA) is 54.5 Å². The predicted octanol–water partition coefficient (Wildman–Crippen LogP) is 5.08. The van der Waals surface area contributed by atoms with Crippen LogP contribution in [0.4, 0.5) is 0 Å². The maximum Gasteiger partial charge on any atom is 0.155 e. The number of pyridine rings is 2. The summed E-state index contributed by atoms with van der Waals surface area (Å²) in [6, 6.07) is 16.4. The summed E-state index contributed by atoms with van der Waals surface area (Å²) in [5.41, 5.74) is 6.36. The molecule has 0 saturated carbocycles. The second-order valence-electron chi connectivity index (χ2n) is 6.46. The van der Waals surface area contributed by atoms with Crippen LogP contribution in [0.1, 0.15) is 30.5 Å². The Morgan fingerprint density at radius 2 is 1.78 bits per heavy atom. The fourth-order valence-corrected chi connectivity index (χ4v) is 3.60. The fourth-order valence-electron chi connectivity index (χ4n) is 3.60. The molecule has 0 unspecified atom stereocenters. The van der Waals surface area contributed by atoms with Gasteiger partial charge in [-0.25, -0.2) is 4.98 Å². The molecule has 0 fully saturated rings. The number of nitrogens with zero attached hydrogens (tertiary/aromatic N) is 4. The van der Waals surface area contributed by atoms with Gasteiger partial charge in [0.05, 0.1) is 23.0 Å². The molecule has 0 N–H and O–H groups in total. The van der Waals surface area contributed by atoms with Gasteiger partial charge in [-0.05, 0) is 48.2 Å². The monoisotopic (exact) mass is 352 g/mol. The Morgan fingerprint density at radius 1 is 1.00 bits per heavy atom. The average Bonchev–Trinajstić information content (AvgIpc) is 3.15. The molecular weight excluding hydrogens is 332 g/mol. The summed E-state index contributed by atoms with van der Waals surface area (Å²) < 4.78 is 1.93. The van der Waals surface area contributed by atoms with Gasteiger partial charge in [0.1, 0.15) is 6.07 Å². The molecule has 4 nitrogen and oxygen atoms in total. The van der Waals surface area contributed by atoms with Crippen LogP contribution < -0.4 is 0 Å². The Kier molecular flexibility index (Phi) is 4.43. The van der Waals surface area contributed by atoms with Gasteiger partial charge in [0, 0.05) is 23.3 Å². The van der Waals surface area contributed by atoms with E-state index in [1.165, 1.54) is 16.7 Å².